The number of hydrogen-bond donors (Lipinski definition) is 0. The molecule has 0 bridgehead atoms. The predicted molar refractivity (Wildman–Crippen MR) is 162 cm³/mol. The first-order chi connectivity index (χ1) is 19.4. The number of amides is 1. The molecule has 0 fully saturated rings. The lowest BCUT2D eigenvalue weighted by Gasteiger charge is -2.38. The Hall–Kier alpha value is -3.31. The van der Waals surface area contributed by atoms with E-state index in [1.165, 1.54) is 6.07 Å². The molecule has 0 saturated carbocycles. The third kappa shape index (κ3) is 7.32. The Morgan fingerprint density at radius 3 is 2.24 bits per heavy atom. The maximum absolute atomic E-state index is 13.3. The average molecular weight is 692 g/mol. The number of nitro benzene ring substituents is 1. The molecule has 0 spiro atoms. The number of hydrogen-bond acceptors (Lipinski definition) is 7. The highest BCUT2D eigenvalue weighted by atomic mass is 79.9. The molecule has 0 N–H and O–H groups in total. The molecule has 41 heavy (non-hydrogen) atoms. The zero-order chi connectivity index (χ0) is 29.9. The molecule has 0 radical (unpaired) electrons. The summed E-state index contributed by atoms with van der Waals surface area (Å²) in [7, 11) is 3.17. The Morgan fingerprint density at radius 1 is 1.02 bits per heavy atom. The molecule has 218 valence electrons. The van der Waals surface area contributed by atoms with Crippen molar-refractivity contribution in [1.29, 1.82) is 0 Å². The average Bonchev–Trinajstić information content (AvgIpc) is 2.90. The van der Waals surface area contributed by atoms with E-state index in [4.69, 9.17) is 18.9 Å². The fourth-order valence-electron chi connectivity index (χ4n) is 4.77. The molecule has 4 rings (SSSR count). The molecule has 9 nitrogen and oxygen atoms in total. The van der Waals surface area contributed by atoms with Crippen molar-refractivity contribution < 1.29 is 28.7 Å². The molecule has 0 saturated heterocycles. The number of methoxy groups -OCH3 is 2. The van der Waals surface area contributed by atoms with Crippen LogP contribution in [0.25, 0.3) is 0 Å². The molecule has 0 aliphatic carbocycles. The summed E-state index contributed by atoms with van der Waals surface area (Å²) in [5, 5.41) is 12.2. The van der Waals surface area contributed by atoms with E-state index >= 15 is 0 Å². The summed E-state index contributed by atoms with van der Waals surface area (Å²) in [6.07, 6.45) is 0.427. The molecule has 11 heteroatoms. The normalized spacial score (nSPS) is 14.7. The van der Waals surface area contributed by atoms with Gasteiger partial charge in [-0.3, -0.25) is 10.1 Å². The van der Waals surface area contributed by atoms with Gasteiger partial charge in [0.15, 0.2) is 5.75 Å². The van der Waals surface area contributed by atoms with Crippen molar-refractivity contribution in [2.45, 2.75) is 51.9 Å². The highest BCUT2D eigenvalue weighted by molar-refractivity contribution is 9.11. The van der Waals surface area contributed by atoms with Crippen LogP contribution < -0.4 is 14.2 Å². The smallest absolute Gasteiger partial charge is 0.410 e. The minimum absolute atomic E-state index is 0.158. The van der Waals surface area contributed by atoms with Gasteiger partial charge in [-0.2, -0.15) is 0 Å². The maximum Gasteiger partial charge on any atom is 0.410 e. The quantitative estimate of drug-likeness (QED) is 0.176. The van der Waals surface area contributed by atoms with Crippen molar-refractivity contribution in [3.05, 3.63) is 89.8 Å². The van der Waals surface area contributed by atoms with E-state index in [-0.39, 0.29) is 18.0 Å². The van der Waals surface area contributed by atoms with E-state index in [1.807, 2.05) is 57.2 Å². The van der Waals surface area contributed by atoms with E-state index in [1.54, 1.807) is 25.2 Å². The van der Waals surface area contributed by atoms with Crippen LogP contribution in [0, 0.1) is 10.1 Å². The van der Waals surface area contributed by atoms with Crippen LogP contribution in [0.4, 0.5) is 10.5 Å². The van der Waals surface area contributed by atoms with E-state index in [0.717, 1.165) is 25.6 Å². The number of ether oxygens (including phenoxy) is 4. The molecular formula is C30H32Br2N2O7. The second-order valence-electron chi connectivity index (χ2n) is 10.6. The van der Waals surface area contributed by atoms with Crippen molar-refractivity contribution in [2.24, 2.45) is 0 Å². The molecule has 1 atom stereocenters. The van der Waals surface area contributed by atoms with E-state index in [9.17, 15) is 14.9 Å². The predicted octanol–water partition coefficient (Wildman–Crippen LogP) is 7.79. The molecule has 1 amide bonds. The zero-order valence-corrected chi connectivity index (χ0v) is 26.7. The fraction of sp³-hybridized carbons (Fsp3) is 0.367. The number of nitro groups is 1. The van der Waals surface area contributed by atoms with Gasteiger partial charge in [-0.1, -0.05) is 12.1 Å². The van der Waals surface area contributed by atoms with Crippen molar-refractivity contribution in [3.8, 4) is 17.2 Å². The number of fused-ring (bicyclic) bond motifs is 1. The second kappa shape index (κ2) is 12.7. The molecule has 1 unspecified atom stereocenters. The van der Waals surface area contributed by atoms with Crippen molar-refractivity contribution in [1.82, 2.24) is 4.90 Å². The van der Waals surface area contributed by atoms with Gasteiger partial charge in [-0.15, -0.1) is 0 Å². The van der Waals surface area contributed by atoms with Crippen molar-refractivity contribution >= 4 is 43.6 Å². The lowest BCUT2D eigenvalue weighted by atomic mass is 9.88. The Labute approximate surface area is 256 Å². The first-order valence-electron chi connectivity index (χ1n) is 13.0. The van der Waals surface area contributed by atoms with Gasteiger partial charge >= 0.3 is 11.8 Å². The zero-order valence-electron chi connectivity index (χ0n) is 23.5. The molecular weight excluding hydrogens is 660 g/mol. The number of carbonyl (C=O) groups excluding carboxylic acids is 1. The van der Waals surface area contributed by atoms with E-state index in [2.05, 4.69) is 31.9 Å². The van der Waals surface area contributed by atoms with Gasteiger partial charge in [-0.25, -0.2) is 4.79 Å². The number of rotatable bonds is 8. The number of carbonyl (C=O) groups is 1. The fourth-order valence-corrected chi connectivity index (χ4v) is 6.37. The first kappa shape index (κ1) is 30.6. The lowest BCUT2D eigenvalue weighted by Crippen LogP contribution is -2.43. The van der Waals surface area contributed by atoms with Gasteiger partial charge in [0.1, 0.15) is 23.7 Å². The van der Waals surface area contributed by atoms with Crippen LogP contribution in [-0.2, 0) is 24.2 Å². The summed E-state index contributed by atoms with van der Waals surface area (Å²) in [5.41, 5.74) is 2.47. The van der Waals surface area contributed by atoms with Gasteiger partial charge in [-0.05, 0) is 118 Å². The van der Waals surface area contributed by atoms with E-state index in [0.29, 0.717) is 36.4 Å². The standard InChI is InChI=1S/C30H32Br2N2O7/c1-30(2,3)41-29(35)33-11-10-20-15-27(40-17-18-6-8-21(38-4)9-7-18)26(34(36)37)16-22(20)25(33)14-19-12-23(31)28(39-5)24(32)13-19/h6-9,12-13,15-16,25H,10-11,14,17H2,1-5H3. The Balaban J connectivity index is 1.72. The Kier molecular flexibility index (Phi) is 9.48. The third-order valence-electron chi connectivity index (χ3n) is 6.65. The summed E-state index contributed by atoms with van der Waals surface area (Å²) in [5.74, 6) is 1.55. The number of halogens is 2. The Bertz CT molecular complexity index is 1410. The molecule has 3 aromatic rings. The number of nitrogens with zero attached hydrogens (tertiary/aromatic N) is 2. The summed E-state index contributed by atoms with van der Waals surface area (Å²) >= 11 is 7.10. The topological polar surface area (TPSA) is 100 Å². The molecule has 1 aliphatic heterocycles. The maximum atomic E-state index is 13.3. The minimum Gasteiger partial charge on any atom is -0.497 e. The lowest BCUT2D eigenvalue weighted by molar-refractivity contribution is -0.386. The highest BCUT2D eigenvalue weighted by Crippen LogP contribution is 2.42. The van der Waals surface area contributed by atoms with Crippen LogP contribution in [0.2, 0.25) is 0 Å². The van der Waals surface area contributed by atoms with Gasteiger partial charge in [0.2, 0.25) is 0 Å². The first-order valence-corrected chi connectivity index (χ1v) is 14.6. The van der Waals surface area contributed by atoms with Crippen LogP contribution >= 0.6 is 31.9 Å². The SMILES string of the molecule is COc1ccc(COc2cc3c(cc2[N+](=O)[O-])C(Cc2cc(Br)c(OC)c(Br)c2)N(C(=O)OC(C)(C)C)CC3)cc1. The van der Waals surface area contributed by atoms with Crippen LogP contribution in [0.3, 0.4) is 0 Å². The van der Waals surface area contributed by atoms with Gasteiger partial charge in [0.05, 0.1) is 34.1 Å². The van der Waals surface area contributed by atoms with Gasteiger partial charge in [0.25, 0.3) is 0 Å². The Morgan fingerprint density at radius 2 is 1.68 bits per heavy atom. The highest BCUT2D eigenvalue weighted by Gasteiger charge is 2.36. The van der Waals surface area contributed by atoms with Crippen LogP contribution in [0.15, 0.2) is 57.5 Å². The van der Waals surface area contributed by atoms with Crippen LogP contribution in [0.1, 0.15) is 49.1 Å². The largest absolute Gasteiger partial charge is 0.497 e. The van der Waals surface area contributed by atoms with Crippen molar-refractivity contribution in [3.63, 3.8) is 0 Å². The molecule has 3 aromatic carbocycles. The molecule has 1 heterocycles. The summed E-state index contributed by atoms with van der Waals surface area (Å²) in [6, 6.07) is 13.9. The minimum atomic E-state index is -0.695. The third-order valence-corrected chi connectivity index (χ3v) is 7.83. The van der Waals surface area contributed by atoms with Gasteiger partial charge < -0.3 is 23.8 Å². The van der Waals surface area contributed by atoms with Crippen LogP contribution in [0.5, 0.6) is 17.2 Å². The summed E-state index contributed by atoms with van der Waals surface area (Å²) < 4.78 is 23.8. The summed E-state index contributed by atoms with van der Waals surface area (Å²) in [4.78, 5) is 26.8. The molecule has 1 aliphatic rings. The summed E-state index contributed by atoms with van der Waals surface area (Å²) in [6.45, 7) is 5.98. The van der Waals surface area contributed by atoms with E-state index < -0.39 is 22.7 Å². The van der Waals surface area contributed by atoms with Crippen molar-refractivity contribution in [2.75, 3.05) is 20.8 Å². The second-order valence-corrected chi connectivity index (χ2v) is 12.4. The van der Waals surface area contributed by atoms with Gasteiger partial charge in [0, 0.05) is 12.6 Å². The number of benzene rings is 3. The monoisotopic (exact) mass is 690 g/mol. The van der Waals surface area contributed by atoms with Crippen LogP contribution in [-0.4, -0.2) is 42.3 Å². The molecule has 0 aromatic heterocycles.